The van der Waals surface area contributed by atoms with Gasteiger partial charge in [0.2, 0.25) is 11.8 Å². The highest BCUT2D eigenvalue weighted by Crippen LogP contribution is 2.32. The summed E-state index contributed by atoms with van der Waals surface area (Å²) >= 11 is 0. The number of carbonyl (C=O) groups is 4. The van der Waals surface area contributed by atoms with Crippen molar-refractivity contribution < 1.29 is 23.9 Å². The summed E-state index contributed by atoms with van der Waals surface area (Å²) in [5.74, 6) is -1.71. The Morgan fingerprint density at radius 3 is 2.60 bits per heavy atom. The maximum Gasteiger partial charge on any atom is 0.264 e. The molecular weight excluding hydrogens is 604 g/mol. The van der Waals surface area contributed by atoms with E-state index in [-0.39, 0.29) is 42.7 Å². The van der Waals surface area contributed by atoms with Crippen molar-refractivity contribution in [2.24, 2.45) is 0 Å². The number of amides is 4. The standard InChI is InChI=1S/C33H28N8O6/c42-27-13-12-26(31(44)36-27)41-32(45)23-5-3-7-25(28(23)33(41)46)34-14-15-47-18-21-17-40(39-38-21)16-19-8-10-20(11-9-19)29-35-24-6-2-1-4-22(24)30(43)37-29/h1-11,17,26,34H,12-16,18H2,(H,35,37,43)(H,36,42,44). The van der Waals surface area contributed by atoms with Crippen molar-refractivity contribution in [1.29, 1.82) is 0 Å². The molecule has 47 heavy (non-hydrogen) atoms. The highest BCUT2D eigenvalue weighted by Gasteiger charge is 2.45. The Morgan fingerprint density at radius 1 is 0.936 bits per heavy atom. The molecule has 7 rings (SSSR count). The molecule has 0 spiro atoms. The molecule has 4 amide bonds. The van der Waals surface area contributed by atoms with Crippen molar-refractivity contribution in [2.45, 2.75) is 32.0 Å². The number of fused-ring (bicyclic) bond motifs is 2. The Hall–Kier alpha value is -6.02. The average Bonchev–Trinajstić information content (AvgIpc) is 3.62. The molecular formula is C33H28N8O6. The number of nitrogens with zero attached hydrogens (tertiary/aromatic N) is 5. The summed E-state index contributed by atoms with van der Waals surface area (Å²) in [6, 6.07) is 18.8. The third-order valence-electron chi connectivity index (χ3n) is 8.05. The molecule has 0 aliphatic carbocycles. The van der Waals surface area contributed by atoms with Gasteiger partial charge in [0, 0.05) is 24.2 Å². The first-order chi connectivity index (χ1) is 22.9. The zero-order chi connectivity index (χ0) is 32.5. The Morgan fingerprint density at radius 2 is 1.77 bits per heavy atom. The van der Waals surface area contributed by atoms with Gasteiger partial charge < -0.3 is 15.0 Å². The van der Waals surface area contributed by atoms with E-state index in [1.54, 1.807) is 41.2 Å². The molecule has 14 nitrogen and oxygen atoms in total. The van der Waals surface area contributed by atoms with Crippen LogP contribution in [0.2, 0.25) is 0 Å². The molecule has 1 atom stereocenters. The fourth-order valence-electron chi connectivity index (χ4n) is 5.76. The van der Waals surface area contributed by atoms with Crippen LogP contribution < -0.4 is 16.2 Å². The fraction of sp³-hybridized carbons (Fsp3) is 0.212. The molecule has 4 heterocycles. The van der Waals surface area contributed by atoms with E-state index in [1.807, 2.05) is 36.4 Å². The maximum atomic E-state index is 13.2. The van der Waals surface area contributed by atoms with Gasteiger partial charge in [0.25, 0.3) is 17.4 Å². The SMILES string of the molecule is O=C1CCC(N2C(=O)c3cccc(NCCOCc4cn(Cc5ccc(-c6nc7ccccc7c(=O)[nH]6)cc5)nn4)c3C2=O)C(=O)N1. The second-order valence-electron chi connectivity index (χ2n) is 11.2. The van der Waals surface area contributed by atoms with Crippen LogP contribution in [-0.2, 0) is 27.5 Å². The number of imide groups is 2. The van der Waals surface area contributed by atoms with Crippen molar-refractivity contribution in [3.05, 3.63) is 106 Å². The molecule has 1 saturated heterocycles. The van der Waals surface area contributed by atoms with Gasteiger partial charge in [0.1, 0.15) is 17.6 Å². The smallest absolute Gasteiger partial charge is 0.264 e. The number of para-hydroxylation sites is 1. The van der Waals surface area contributed by atoms with Gasteiger partial charge >= 0.3 is 0 Å². The number of hydrogen-bond acceptors (Lipinski definition) is 10. The average molecular weight is 633 g/mol. The molecule has 236 valence electrons. The first-order valence-electron chi connectivity index (χ1n) is 15.0. The molecule has 0 saturated carbocycles. The maximum absolute atomic E-state index is 13.2. The van der Waals surface area contributed by atoms with E-state index in [0.717, 1.165) is 16.0 Å². The molecule has 14 heteroatoms. The Kier molecular flexibility index (Phi) is 7.83. The van der Waals surface area contributed by atoms with Crippen LogP contribution in [0, 0.1) is 0 Å². The van der Waals surface area contributed by atoms with Crippen molar-refractivity contribution >= 4 is 40.2 Å². The third-order valence-corrected chi connectivity index (χ3v) is 8.05. The molecule has 5 aromatic rings. The lowest BCUT2D eigenvalue weighted by Gasteiger charge is -2.27. The second kappa shape index (κ2) is 12.4. The van der Waals surface area contributed by atoms with Gasteiger partial charge in [-0.05, 0) is 36.2 Å². The van der Waals surface area contributed by atoms with Gasteiger partial charge in [-0.1, -0.05) is 47.7 Å². The summed E-state index contributed by atoms with van der Waals surface area (Å²) in [4.78, 5) is 70.9. The Balaban J connectivity index is 0.909. The van der Waals surface area contributed by atoms with E-state index in [0.29, 0.717) is 41.2 Å². The summed E-state index contributed by atoms with van der Waals surface area (Å²) in [5.41, 5.74) is 3.73. The van der Waals surface area contributed by atoms with Crippen molar-refractivity contribution in [2.75, 3.05) is 18.5 Å². The zero-order valence-electron chi connectivity index (χ0n) is 24.9. The lowest BCUT2D eigenvalue weighted by molar-refractivity contribution is -0.136. The van der Waals surface area contributed by atoms with Gasteiger partial charge in [-0.25, -0.2) is 9.67 Å². The first-order valence-corrected chi connectivity index (χ1v) is 15.0. The molecule has 0 bridgehead atoms. The Bertz CT molecular complexity index is 2100. The fourth-order valence-corrected chi connectivity index (χ4v) is 5.76. The van der Waals surface area contributed by atoms with Gasteiger partial charge in [-0.2, -0.15) is 0 Å². The van der Waals surface area contributed by atoms with Crippen LogP contribution in [0.25, 0.3) is 22.3 Å². The number of piperidine rings is 1. The lowest BCUT2D eigenvalue weighted by atomic mass is 10.0. The minimum atomic E-state index is -1.02. The van der Waals surface area contributed by atoms with Gasteiger partial charge in [0.15, 0.2) is 0 Å². The third kappa shape index (κ3) is 5.89. The van der Waals surface area contributed by atoms with E-state index in [2.05, 4.69) is 30.9 Å². The minimum absolute atomic E-state index is 0.0573. The number of aromatic amines is 1. The highest BCUT2D eigenvalue weighted by atomic mass is 16.5. The van der Waals surface area contributed by atoms with Crippen LogP contribution in [0.15, 0.2) is 77.7 Å². The predicted octanol–water partition coefficient (Wildman–Crippen LogP) is 2.26. The summed E-state index contributed by atoms with van der Waals surface area (Å²) in [5, 5.41) is 14.3. The number of aromatic nitrogens is 5. The molecule has 1 fully saturated rings. The molecule has 3 N–H and O–H groups in total. The Labute approximate surface area is 266 Å². The van der Waals surface area contributed by atoms with Gasteiger partial charge in [-0.3, -0.25) is 34.2 Å². The van der Waals surface area contributed by atoms with E-state index in [9.17, 15) is 24.0 Å². The van der Waals surface area contributed by atoms with Crippen molar-refractivity contribution in [3.63, 3.8) is 0 Å². The number of carbonyl (C=O) groups excluding carboxylic acids is 4. The molecule has 1 unspecified atom stereocenters. The number of ether oxygens (including phenoxy) is 1. The van der Waals surface area contributed by atoms with E-state index < -0.39 is 29.7 Å². The largest absolute Gasteiger partial charge is 0.382 e. The number of nitrogens with one attached hydrogen (secondary N) is 3. The molecule has 0 radical (unpaired) electrons. The number of rotatable bonds is 10. The number of benzene rings is 3. The van der Waals surface area contributed by atoms with E-state index >= 15 is 0 Å². The lowest BCUT2D eigenvalue weighted by Crippen LogP contribution is -2.54. The zero-order valence-corrected chi connectivity index (χ0v) is 24.9. The molecule has 3 aromatic carbocycles. The molecule has 2 aromatic heterocycles. The molecule has 2 aliphatic rings. The quantitative estimate of drug-likeness (QED) is 0.153. The number of H-pyrrole nitrogens is 1. The van der Waals surface area contributed by atoms with Gasteiger partial charge in [-0.15, -0.1) is 5.10 Å². The van der Waals surface area contributed by atoms with Gasteiger partial charge in [0.05, 0.1) is 48.0 Å². The van der Waals surface area contributed by atoms with Crippen molar-refractivity contribution in [3.8, 4) is 11.4 Å². The second-order valence-corrected chi connectivity index (χ2v) is 11.2. The predicted molar refractivity (Wildman–Crippen MR) is 168 cm³/mol. The summed E-state index contributed by atoms with van der Waals surface area (Å²) in [7, 11) is 0. The topological polar surface area (TPSA) is 181 Å². The normalized spacial score (nSPS) is 16.1. The number of anilines is 1. The van der Waals surface area contributed by atoms with Crippen LogP contribution in [0.1, 0.15) is 44.8 Å². The highest BCUT2D eigenvalue weighted by molar-refractivity contribution is 6.25. The minimum Gasteiger partial charge on any atom is -0.382 e. The summed E-state index contributed by atoms with van der Waals surface area (Å²) in [6.07, 6.45) is 1.94. The monoisotopic (exact) mass is 632 g/mol. The first kappa shape index (κ1) is 29.7. The van der Waals surface area contributed by atoms with E-state index in [4.69, 9.17) is 4.74 Å². The number of hydrogen-bond donors (Lipinski definition) is 3. The van der Waals surface area contributed by atoms with Crippen LogP contribution >= 0.6 is 0 Å². The summed E-state index contributed by atoms with van der Waals surface area (Å²) in [6.45, 7) is 1.32. The van der Waals surface area contributed by atoms with Crippen LogP contribution in [0.5, 0.6) is 0 Å². The molecule has 2 aliphatic heterocycles. The van der Waals surface area contributed by atoms with Crippen LogP contribution in [0.3, 0.4) is 0 Å². The van der Waals surface area contributed by atoms with Crippen LogP contribution in [0.4, 0.5) is 5.69 Å². The van der Waals surface area contributed by atoms with Crippen LogP contribution in [-0.4, -0.2) is 72.7 Å². The summed E-state index contributed by atoms with van der Waals surface area (Å²) < 4.78 is 7.46. The van der Waals surface area contributed by atoms with Crippen molar-refractivity contribution in [1.82, 2.24) is 35.2 Å². The van der Waals surface area contributed by atoms with E-state index in [1.165, 1.54) is 0 Å².